The molecule has 14 heavy (non-hydrogen) atoms. The summed E-state index contributed by atoms with van der Waals surface area (Å²) in [5, 5.41) is 2.75. The molecule has 1 heterocycles. The van der Waals surface area contributed by atoms with Crippen LogP contribution in [-0.2, 0) is 15.1 Å². The summed E-state index contributed by atoms with van der Waals surface area (Å²) in [6.07, 6.45) is 0. The van der Waals surface area contributed by atoms with Crippen LogP contribution in [0.5, 0.6) is 0 Å². The SMILES string of the molecule is CC(=O)Nc1cccc(C2(C)CO2)c1. The lowest BCUT2D eigenvalue weighted by molar-refractivity contribution is -0.114. The second kappa shape index (κ2) is 3.10. The summed E-state index contributed by atoms with van der Waals surface area (Å²) in [5.74, 6) is -0.0518. The van der Waals surface area contributed by atoms with Crippen molar-refractivity contribution in [2.75, 3.05) is 11.9 Å². The average Bonchev–Trinajstić information content (AvgIpc) is 2.84. The van der Waals surface area contributed by atoms with Crippen molar-refractivity contribution in [3.63, 3.8) is 0 Å². The molecule has 1 N–H and O–H groups in total. The topological polar surface area (TPSA) is 41.6 Å². The van der Waals surface area contributed by atoms with Crippen LogP contribution in [0.2, 0.25) is 0 Å². The van der Waals surface area contributed by atoms with E-state index in [0.29, 0.717) is 0 Å². The largest absolute Gasteiger partial charge is 0.365 e. The smallest absolute Gasteiger partial charge is 0.221 e. The highest BCUT2D eigenvalue weighted by Gasteiger charge is 2.41. The summed E-state index contributed by atoms with van der Waals surface area (Å²) in [6, 6.07) is 7.76. The molecule has 1 aliphatic rings. The van der Waals surface area contributed by atoms with Crippen molar-refractivity contribution in [1.82, 2.24) is 0 Å². The van der Waals surface area contributed by atoms with Gasteiger partial charge in [0.05, 0.1) is 6.61 Å². The molecule has 1 aromatic carbocycles. The number of hydrogen-bond acceptors (Lipinski definition) is 2. The van der Waals surface area contributed by atoms with E-state index in [4.69, 9.17) is 4.74 Å². The van der Waals surface area contributed by atoms with Gasteiger partial charge in [-0.25, -0.2) is 0 Å². The van der Waals surface area contributed by atoms with Crippen molar-refractivity contribution in [3.8, 4) is 0 Å². The molecule has 1 unspecified atom stereocenters. The molecule has 0 radical (unpaired) electrons. The zero-order valence-corrected chi connectivity index (χ0v) is 8.33. The lowest BCUT2D eigenvalue weighted by atomic mass is 10.0. The standard InChI is InChI=1S/C11H13NO2/c1-8(13)12-10-5-3-4-9(6-10)11(2)7-14-11/h3-6H,7H2,1-2H3,(H,12,13). The van der Waals surface area contributed by atoms with Crippen LogP contribution in [0.3, 0.4) is 0 Å². The van der Waals surface area contributed by atoms with Gasteiger partial charge in [-0.2, -0.15) is 0 Å². The zero-order chi connectivity index (χ0) is 10.2. The maximum Gasteiger partial charge on any atom is 0.221 e. The van der Waals surface area contributed by atoms with Gasteiger partial charge in [-0.05, 0) is 24.6 Å². The zero-order valence-electron chi connectivity index (χ0n) is 8.33. The molecule has 74 valence electrons. The molecule has 1 saturated heterocycles. The van der Waals surface area contributed by atoms with Gasteiger partial charge in [0.1, 0.15) is 5.60 Å². The molecule has 2 rings (SSSR count). The molecule has 1 fully saturated rings. The van der Waals surface area contributed by atoms with Gasteiger partial charge < -0.3 is 10.1 Å². The van der Waals surface area contributed by atoms with Gasteiger partial charge in [-0.1, -0.05) is 12.1 Å². The summed E-state index contributed by atoms with van der Waals surface area (Å²) < 4.78 is 5.33. The van der Waals surface area contributed by atoms with E-state index in [-0.39, 0.29) is 11.5 Å². The monoisotopic (exact) mass is 191 g/mol. The molecule has 0 bridgehead atoms. The number of epoxide rings is 1. The van der Waals surface area contributed by atoms with Crippen molar-refractivity contribution >= 4 is 11.6 Å². The molecule has 1 amide bonds. The Balaban J connectivity index is 2.23. The number of carbonyl (C=O) groups is 1. The highest BCUT2D eigenvalue weighted by atomic mass is 16.6. The minimum atomic E-state index is -0.130. The van der Waals surface area contributed by atoms with Gasteiger partial charge in [0.25, 0.3) is 0 Å². The van der Waals surface area contributed by atoms with E-state index in [1.165, 1.54) is 6.92 Å². The molecule has 1 aromatic rings. The predicted molar refractivity (Wildman–Crippen MR) is 54.0 cm³/mol. The number of amides is 1. The number of rotatable bonds is 2. The number of carbonyl (C=O) groups excluding carboxylic acids is 1. The van der Waals surface area contributed by atoms with Crippen molar-refractivity contribution in [3.05, 3.63) is 29.8 Å². The van der Waals surface area contributed by atoms with E-state index < -0.39 is 0 Å². The van der Waals surface area contributed by atoms with Crippen LogP contribution in [0.4, 0.5) is 5.69 Å². The first-order chi connectivity index (χ1) is 6.60. The normalized spacial score (nSPS) is 24.4. The van der Waals surface area contributed by atoms with Gasteiger partial charge >= 0.3 is 0 Å². The Morgan fingerprint density at radius 3 is 2.86 bits per heavy atom. The second-order valence-electron chi connectivity index (χ2n) is 3.78. The van der Waals surface area contributed by atoms with E-state index in [1.54, 1.807) is 0 Å². The fourth-order valence-electron chi connectivity index (χ4n) is 1.40. The molecule has 0 saturated carbocycles. The van der Waals surface area contributed by atoms with Gasteiger partial charge in [0, 0.05) is 12.6 Å². The van der Waals surface area contributed by atoms with Gasteiger partial charge in [0.2, 0.25) is 5.91 Å². The van der Waals surface area contributed by atoms with Crippen LogP contribution >= 0.6 is 0 Å². The van der Waals surface area contributed by atoms with E-state index in [1.807, 2.05) is 31.2 Å². The molecule has 3 heteroatoms. The molecule has 0 spiro atoms. The predicted octanol–water partition coefficient (Wildman–Crippen LogP) is 1.89. The Kier molecular flexibility index (Phi) is 2.04. The lowest BCUT2D eigenvalue weighted by Gasteiger charge is -2.08. The summed E-state index contributed by atoms with van der Waals surface area (Å²) in [6.45, 7) is 4.30. The Hall–Kier alpha value is -1.35. The summed E-state index contributed by atoms with van der Waals surface area (Å²) in [4.78, 5) is 10.8. The van der Waals surface area contributed by atoms with Crippen LogP contribution in [0.15, 0.2) is 24.3 Å². The first-order valence-electron chi connectivity index (χ1n) is 4.62. The Labute approximate surface area is 83.1 Å². The van der Waals surface area contributed by atoms with E-state index in [0.717, 1.165) is 17.9 Å². The van der Waals surface area contributed by atoms with Crippen molar-refractivity contribution in [1.29, 1.82) is 0 Å². The minimum Gasteiger partial charge on any atom is -0.365 e. The second-order valence-corrected chi connectivity index (χ2v) is 3.78. The highest BCUT2D eigenvalue weighted by Crippen LogP contribution is 2.38. The number of nitrogens with one attached hydrogen (secondary N) is 1. The first-order valence-corrected chi connectivity index (χ1v) is 4.62. The summed E-state index contributed by atoms with van der Waals surface area (Å²) in [5.41, 5.74) is 1.81. The first kappa shape index (κ1) is 9.21. The maximum absolute atomic E-state index is 10.8. The third kappa shape index (κ3) is 1.77. The number of anilines is 1. The van der Waals surface area contributed by atoms with Gasteiger partial charge in [-0.3, -0.25) is 4.79 Å². The van der Waals surface area contributed by atoms with Crippen LogP contribution < -0.4 is 5.32 Å². The van der Waals surface area contributed by atoms with Gasteiger partial charge in [-0.15, -0.1) is 0 Å². The van der Waals surface area contributed by atoms with Crippen molar-refractivity contribution in [2.45, 2.75) is 19.4 Å². The third-order valence-electron chi connectivity index (χ3n) is 2.37. The summed E-state index contributed by atoms with van der Waals surface area (Å²) in [7, 11) is 0. The average molecular weight is 191 g/mol. The fourth-order valence-corrected chi connectivity index (χ4v) is 1.40. The molecule has 0 aliphatic carbocycles. The quantitative estimate of drug-likeness (QED) is 0.725. The van der Waals surface area contributed by atoms with E-state index in [9.17, 15) is 4.79 Å². The van der Waals surface area contributed by atoms with Gasteiger partial charge in [0.15, 0.2) is 0 Å². The molecular formula is C11H13NO2. The highest BCUT2D eigenvalue weighted by molar-refractivity contribution is 5.88. The van der Waals surface area contributed by atoms with Crippen molar-refractivity contribution in [2.24, 2.45) is 0 Å². The van der Waals surface area contributed by atoms with Crippen LogP contribution in [0.1, 0.15) is 19.4 Å². The number of hydrogen-bond donors (Lipinski definition) is 1. The molecular weight excluding hydrogens is 178 g/mol. The molecule has 0 aromatic heterocycles. The van der Waals surface area contributed by atoms with Crippen LogP contribution in [-0.4, -0.2) is 12.5 Å². The Bertz CT molecular complexity index is 369. The van der Waals surface area contributed by atoms with Crippen LogP contribution in [0.25, 0.3) is 0 Å². The van der Waals surface area contributed by atoms with E-state index in [2.05, 4.69) is 5.32 Å². The number of benzene rings is 1. The third-order valence-corrected chi connectivity index (χ3v) is 2.37. The molecule has 1 atom stereocenters. The lowest BCUT2D eigenvalue weighted by Crippen LogP contribution is -2.08. The van der Waals surface area contributed by atoms with Crippen LogP contribution in [0, 0.1) is 0 Å². The Morgan fingerprint density at radius 2 is 2.29 bits per heavy atom. The number of ether oxygens (including phenoxy) is 1. The summed E-state index contributed by atoms with van der Waals surface area (Å²) >= 11 is 0. The van der Waals surface area contributed by atoms with Crippen molar-refractivity contribution < 1.29 is 9.53 Å². The fraction of sp³-hybridized carbons (Fsp3) is 0.364. The van der Waals surface area contributed by atoms with E-state index >= 15 is 0 Å². The minimum absolute atomic E-state index is 0.0518. The maximum atomic E-state index is 10.8. The molecule has 1 aliphatic heterocycles. The Morgan fingerprint density at radius 1 is 1.57 bits per heavy atom. The molecule has 3 nitrogen and oxygen atoms in total.